The maximum absolute atomic E-state index is 12.6. The van der Waals surface area contributed by atoms with Gasteiger partial charge in [-0.25, -0.2) is 0 Å². The fraction of sp³-hybridized carbons (Fsp3) is 0.696. The van der Waals surface area contributed by atoms with Gasteiger partial charge in [0, 0.05) is 24.9 Å². The van der Waals surface area contributed by atoms with Gasteiger partial charge in [0.15, 0.2) is 0 Å². The number of nitrogens with one attached hydrogen (secondary N) is 1. The average molecular weight is 372 g/mol. The van der Waals surface area contributed by atoms with Crippen LogP contribution in [0.4, 0.5) is 0 Å². The van der Waals surface area contributed by atoms with Gasteiger partial charge < -0.3 is 14.5 Å². The van der Waals surface area contributed by atoms with Crippen molar-refractivity contribution in [2.75, 3.05) is 6.54 Å². The quantitative estimate of drug-likeness (QED) is 0.591. The van der Waals surface area contributed by atoms with Crippen LogP contribution in [0.5, 0.6) is 0 Å². The molecule has 4 rings (SSSR count). The summed E-state index contributed by atoms with van der Waals surface area (Å²) in [6.45, 7) is 9.66. The van der Waals surface area contributed by atoms with E-state index in [9.17, 15) is 4.79 Å². The lowest BCUT2D eigenvalue weighted by Crippen LogP contribution is -2.45. The van der Waals surface area contributed by atoms with Crippen molar-refractivity contribution >= 4 is 5.97 Å². The van der Waals surface area contributed by atoms with Gasteiger partial charge >= 0.3 is 5.97 Å². The molecule has 1 aliphatic heterocycles. The molecule has 2 heterocycles. The van der Waals surface area contributed by atoms with Crippen LogP contribution in [0, 0.1) is 23.2 Å². The van der Waals surface area contributed by atoms with E-state index in [2.05, 4.69) is 25.7 Å². The van der Waals surface area contributed by atoms with E-state index >= 15 is 0 Å². The maximum Gasteiger partial charge on any atom is 0.310 e. The van der Waals surface area contributed by atoms with Crippen LogP contribution in [0.25, 0.3) is 0 Å². The Morgan fingerprint density at radius 1 is 1.44 bits per heavy atom. The Kier molecular flexibility index (Phi) is 5.19. The predicted octanol–water partition coefficient (Wildman–Crippen LogP) is 4.50. The summed E-state index contributed by atoms with van der Waals surface area (Å²) in [4.78, 5) is 12.6. The van der Waals surface area contributed by atoms with Crippen molar-refractivity contribution in [2.24, 2.45) is 23.2 Å². The van der Waals surface area contributed by atoms with Gasteiger partial charge in [-0.1, -0.05) is 19.1 Å². The molecular weight excluding hydrogens is 338 g/mol. The van der Waals surface area contributed by atoms with Crippen LogP contribution >= 0.6 is 0 Å². The number of allylic oxidation sites excluding steroid dienone is 1. The molecule has 0 amide bonds. The molecule has 3 aliphatic rings. The van der Waals surface area contributed by atoms with Crippen molar-refractivity contribution in [1.82, 2.24) is 5.32 Å². The summed E-state index contributed by atoms with van der Waals surface area (Å²) in [7, 11) is 0. The third kappa shape index (κ3) is 3.73. The number of furan rings is 1. The molecule has 4 heteroatoms. The molecule has 0 unspecified atom stereocenters. The summed E-state index contributed by atoms with van der Waals surface area (Å²) < 4.78 is 11.3. The summed E-state index contributed by atoms with van der Waals surface area (Å²) in [5.74, 6) is 1.91. The summed E-state index contributed by atoms with van der Waals surface area (Å²) in [6, 6.07) is 4.29. The number of hydrogen-bond acceptors (Lipinski definition) is 4. The summed E-state index contributed by atoms with van der Waals surface area (Å²) in [5.41, 5.74) is 1.68. The van der Waals surface area contributed by atoms with Crippen LogP contribution in [-0.2, 0) is 16.0 Å². The van der Waals surface area contributed by atoms with E-state index in [0.29, 0.717) is 17.9 Å². The van der Waals surface area contributed by atoms with E-state index in [1.165, 1.54) is 18.4 Å². The number of hydrogen-bond donors (Lipinski definition) is 1. The zero-order valence-electron chi connectivity index (χ0n) is 16.7. The Balaban J connectivity index is 1.34. The first-order valence-electron chi connectivity index (χ1n) is 10.6. The second-order valence-corrected chi connectivity index (χ2v) is 9.33. The minimum atomic E-state index is -0.0136. The Morgan fingerprint density at radius 2 is 2.30 bits per heavy atom. The fourth-order valence-electron chi connectivity index (χ4n) is 5.73. The van der Waals surface area contributed by atoms with Gasteiger partial charge in [-0.3, -0.25) is 4.79 Å². The average Bonchev–Trinajstić information content (AvgIpc) is 3.23. The summed E-state index contributed by atoms with van der Waals surface area (Å²) in [6.07, 6.45) is 9.45. The highest BCUT2D eigenvalue weighted by Gasteiger charge is 2.54. The Bertz CT molecular complexity index is 682. The van der Waals surface area contributed by atoms with Gasteiger partial charge in [-0.2, -0.15) is 0 Å². The Labute approximate surface area is 162 Å². The number of carbonyl (C=O) groups is 1. The molecule has 27 heavy (non-hydrogen) atoms. The molecule has 3 fully saturated rings. The lowest BCUT2D eigenvalue weighted by Gasteiger charge is -2.50. The van der Waals surface area contributed by atoms with E-state index in [1.54, 1.807) is 6.26 Å². The first-order chi connectivity index (χ1) is 13.0. The van der Waals surface area contributed by atoms with Gasteiger partial charge in [0.2, 0.25) is 0 Å². The zero-order chi connectivity index (χ0) is 19.0. The van der Waals surface area contributed by atoms with Crippen LogP contribution in [0.2, 0.25) is 0 Å². The van der Waals surface area contributed by atoms with Gasteiger partial charge in [-0.05, 0) is 68.9 Å². The van der Waals surface area contributed by atoms with E-state index in [1.807, 2.05) is 12.1 Å². The predicted molar refractivity (Wildman–Crippen MR) is 105 cm³/mol. The molecule has 2 aliphatic carbocycles. The smallest absolute Gasteiger partial charge is 0.310 e. The molecule has 0 aromatic carbocycles. The summed E-state index contributed by atoms with van der Waals surface area (Å²) >= 11 is 0. The molecule has 1 aromatic rings. The van der Waals surface area contributed by atoms with Gasteiger partial charge in [-0.15, -0.1) is 0 Å². The minimum Gasteiger partial charge on any atom is -0.469 e. The van der Waals surface area contributed by atoms with Gasteiger partial charge in [0.25, 0.3) is 0 Å². The van der Waals surface area contributed by atoms with Gasteiger partial charge in [0.1, 0.15) is 11.9 Å². The lowest BCUT2D eigenvalue weighted by atomic mass is 9.55. The second-order valence-electron chi connectivity index (χ2n) is 9.33. The van der Waals surface area contributed by atoms with Crippen LogP contribution < -0.4 is 5.32 Å². The SMILES string of the molecule is C=C1CCC[C@]2(C)C[C@H]3OC(=O)[C@@H](CN[C@@H](C)CCc4ccco4)[C@@H]3C[C@H]12. The zero-order valence-corrected chi connectivity index (χ0v) is 16.7. The number of fused-ring (bicyclic) bond motifs is 2. The third-order valence-corrected chi connectivity index (χ3v) is 7.41. The maximum atomic E-state index is 12.6. The molecule has 0 radical (unpaired) electrons. The molecule has 4 nitrogen and oxygen atoms in total. The van der Waals surface area contributed by atoms with Crippen molar-refractivity contribution in [3.8, 4) is 0 Å². The van der Waals surface area contributed by atoms with Crippen LogP contribution in [0.3, 0.4) is 0 Å². The molecule has 2 saturated carbocycles. The van der Waals surface area contributed by atoms with Crippen LogP contribution in [-0.4, -0.2) is 24.7 Å². The molecule has 0 spiro atoms. The lowest BCUT2D eigenvalue weighted by molar-refractivity contribution is -0.146. The van der Waals surface area contributed by atoms with E-state index in [-0.39, 0.29) is 23.4 Å². The standard InChI is InChI=1S/C23H33NO3/c1-15-6-4-10-23(3)13-21-18(12-20(15)23)19(22(25)27-21)14-24-16(2)8-9-17-7-5-11-26-17/h5,7,11,16,18-21,24H,1,4,6,8-10,12-14H2,2-3H3/t16-,18-,19-,20+,21+,23+/m0/s1. The van der Waals surface area contributed by atoms with Crippen LogP contribution in [0.1, 0.15) is 58.1 Å². The van der Waals surface area contributed by atoms with Crippen molar-refractivity contribution in [3.63, 3.8) is 0 Å². The fourth-order valence-corrected chi connectivity index (χ4v) is 5.73. The van der Waals surface area contributed by atoms with Crippen molar-refractivity contribution in [3.05, 3.63) is 36.3 Å². The number of ether oxygens (including phenoxy) is 1. The third-order valence-electron chi connectivity index (χ3n) is 7.41. The molecule has 1 saturated heterocycles. The number of aryl methyl sites for hydroxylation is 1. The van der Waals surface area contributed by atoms with E-state index < -0.39 is 0 Å². The highest BCUT2D eigenvalue weighted by atomic mass is 16.6. The number of rotatable bonds is 6. The molecule has 0 bridgehead atoms. The van der Waals surface area contributed by atoms with Crippen LogP contribution in [0.15, 0.2) is 35.0 Å². The van der Waals surface area contributed by atoms with Crippen molar-refractivity contribution < 1.29 is 13.9 Å². The Hall–Kier alpha value is -1.55. The highest BCUT2D eigenvalue weighted by molar-refractivity contribution is 5.75. The molecule has 6 atom stereocenters. The van der Waals surface area contributed by atoms with E-state index in [0.717, 1.165) is 44.4 Å². The monoisotopic (exact) mass is 371 g/mol. The van der Waals surface area contributed by atoms with E-state index in [4.69, 9.17) is 9.15 Å². The first kappa shape index (κ1) is 18.8. The topological polar surface area (TPSA) is 51.5 Å². The molecule has 148 valence electrons. The normalized spacial score (nSPS) is 36.8. The minimum absolute atomic E-state index is 0.00333. The Morgan fingerprint density at radius 3 is 3.07 bits per heavy atom. The molecule has 1 N–H and O–H groups in total. The summed E-state index contributed by atoms with van der Waals surface area (Å²) in [5, 5.41) is 3.58. The van der Waals surface area contributed by atoms with Crippen molar-refractivity contribution in [1.29, 1.82) is 0 Å². The first-order valence-corrected chi connectivity index (χ1v) is 10.6. The molecular formula is C23H33NO3. The largest absolute Gasteiger partial charge is 0.469 e. The number of carbonyl (C=O) groups excluding carboxylic acids is 1. The highest BCUT2D eigenvalue weighted by Crippen LogP contribution is 2.56. The van der Waals surface area contributed by atoms with Crippen molar-refractivity contribution in [2.45, 2.75) is 70.9 Å². The van der Waals surface area contributed by atoms with Gasteiger partial charge in [0.05, 0.1) is 12.2 Å². The number of esters is 1. The molecule has 1 aromatic heterocycles. The second kappa shape index (κ2) is 7.46.